The normalized spacial score (nSPS) is 26.2. The van der Waals surface area contributed by atoms with Crippen LogP contribution in [-0.4, -0.2) is 24.4 Å². The summed E-state index contributed by atoms with van der Waals surface area (Å²) < 4.78 is 5.23. The van der Waals surface area contributed by atoms with Gasteiger partial charge in [0.2, 0.25) is 11.8 Å². The lowest BCUT2D eigenvalue weighted by atomic mass is 9.46. The first-order valence-electron chi connectivity index (χ1n) is 11.9. The molecule has 1 heterocycles. The van der Waals surface area contributed by atoms with Crippen molar-refractivity contribution in [2.75, 3.05) is 11.5 Å². The largest absolute Gasteiger partial charge is 0.462 e. The van der Waals surface area contributed by atoms with Gasteiger partial charge < -0.3 is 4.74 Å². The molecule has 0 radical (unpaired) electrons. The van der Waals surface area contributed by atoms with Crippen LogP contribution in [0, 0.1) is 11.8 Å². The number of amides is 2. The van der Waals surface area contributed by atoms with E-state index >= 15 is 0 Å². The lowest BCUT2D eigenvalue weighted by Gasteiger charge is -2.54. The summed E-state index contributed by atoms with van der Waals surface area (Å²) in [6.07, 6.45) is 0.696. The molecule has 0 spiro atoms. The number of carbonyl (C=O) groups is 3. The van der Waals surface area contributed by atoms with E-state index in [0.717, 1.165) is 22.3 Å². The molecule has 3 aliphatic carbocycles. The molecule has 2 bridgehead atoms. The van der Waals surface area contributed by atoms with Gasteiger partial charge in [0.25, 0.3) is 0 Å². The summed E-state index contributed by atoms with van der Waals surface area (Å²) in [6, 6.07) is 23.2. The van der Waals surface area contributed by atoms with E-state index in [0.29, 0.717) is 12.1 Å². The Balaban J connectivity index is 1.59. The lowest BCUT2D eigenvalue weighted by molar-refractivity contribution is -0.123. The average molecular weight is 452 g/mol. The Hall–Kier alpha value is -3.73. The van der Waals surface area contributed by atoms with Crippen LogP contribution in [-0.2, 0) is 19.7 Å². The minimum absolute atomic E-state index is 0.193. The Morgan fingerprint density at radius 2 is 1.44 bits per heavy atom. The summed E-state index contributed by atoms with van der Waals surface area (Å²) in [5.41, 5.74) is 4.50. The zero-order chi connectivity index (χ0) is 23.6. The Kier molecular flexibility index (Phi) is 4.53. The first kappa shape index (κ1) is 20.8. The molecule has 3 aromatic carbocycles. The highest BCUT2D eigenvalue weighted by atomic mass is 16.5. The number of ether oxygens (including phenoxy) is 1. The van der Waals surface area contributed by atoms with Crippen LogP contribution >= 0.6 is 0 Å². The minimum Gasteiger partial charge on any atom is -0.462 e. The van der Waals surface area contributed by atoms with Gasteiger partial charge in [-0.25, -0.2) is 9.69 Å². The predicted octanol–water partition coefficient (Wildman–Crippen LogP) is 4.82. The molecule has 5 nitrogen and oxygen atoms in total. The highest BCUT2D eigenvalue weighted by Crippen LogP contribution is 2.65. The molecule has 4 aliphatic rings. The van der Waals surface area contributed by atoms with Crippen LogP contribution in [0.2, 0.25) is 0 Å². The van der Waals surface area contributed by atoms with Gasteiger partial charge in [0.15, 0.2) is 0 Å². The number of imide groups is 1. The van der Waals surface area contributed by atoms with Crippen molar-refractivity contribution in [3.63, 3.8) is 0 Å². The monoisotopic (exact) mass is 451 g/mol. The van der Waals surface area contributed by atoms with Crippen LogP contribution in [0.15, 0.2) is 72.8 Å². The molecule has 34 heavy (non-hydrogen) atoms. The lowest BCUT2D eigenvalue weighted by Crippen LogP contribution is -2.53. The van der Waals surface area contributed by atoms with Crippen LogP contribution in [0.25, 0.3) is 0 Å². The van der Waals surface area contributed by atoms with Crippen molar-refractivity contribution in [3.05, 3.63) is 101 Å². The Morgan fingerprint density at radius 1 is 0.853 bits per heavy atom. The molecule has 0 N–H and O–H groups in total. The summed E-state index contributed by atoms with van der Waals surface area (Å²) in [7, 11) is 0. The van der Waals surface area contributed by atoms with E-state index in [1.54, 1.807) is 31.2 Å². The van der Waals surface area contributed by atoms with Crippen LogP contribution in [0.3, 0.4) is 0 Å². The van der Waals surface area contributed by atoms with Crippen LogP contribution in [0.1, 0.15) is 58.8 Å². The molecule has 2 atom stereocenters. The molecule has 2 amide bonds. The van der Waals surface area contributed by atoms with Crippen LogP contribution in [0.4, 0.5) is 5.69 Å². The third-order valence-electron chi connectivity index (χ3n) is 7.99. The average Bonchev–Trinajstić information content (AvgIpc) is 3.14. The number of hydrogen-bond acceptors (Lipinski definition) is 4. The van der Waals surface area contributed by atoms with Gasteiger partial charge in [-0.15, -0.1) is 0 Å². The maximum atomic E-state index is 14.2. The summed E-state index contributed by atoms with van der Waals surface area (Å²) in [5, 5.41) is 0. The van der Waals surface area contributed by atoms with Crippen LogP contribution in [0.5, 0.6) is 0 Å². The van der Waals surface area contributed by atoms with E-state index in [2.05, 4.69) is 31.2 Å². The molecule has 1 saturated heterocycles. The molecule has 1 fully saturated rings. The van der Waals surface area contributed by atoms with Gasteiger partial charge in [0.05, 0.1) is 29.7 Å². The third-order valence-corrected chi connectivity index (χ3v) is 7.99. The zero-order valence-corrected chi connectivity index (χ0v) is 19.2. The fourth-order valence-electron chi connectivity index (χ4n) is 6.82. The second kappa shape index (κ2) is 7.39. The van der Waals surface area contributed by atoms with Crippen molar-refractivity contribution in [1.82, 2.24) is 0 Å². The molecule has 5 heteroatoms. The van der Waals surface area contributed by atoms with E-state index in [4.69, 9.17) is 4.74 Å². The Bertz CT molecular complexity index is 1310. The van der Waals surface area contributed by atoms with Gasteiger partial charge in [-0.05, 0) is 47.7 Å². The Labute approximate surface area is 198 Å². The highest BCUT2D eigenvalue weighted by molar-refractivity contribution is 6.25. The number of esters is 1. The fraction of sp³-hybridized carbons (Fsp3) is 0.276. The first-order chi connectivity index (χ1) is 16.6. The molecule has 0 saturated carbocycles. The van der Waals surface area contributed by atoms with Gasteiger partial charge in [0, 0.05) is 11.3 Å². The van der Waals surface area contributed by atoms with Gasteiger partial charge in [-0.3, -0.25) is 9.59 Å². The molecular weight excluding hydrogens is 426 g/mol. The van der Waals surface area contributed by atoms with E-state index in [-0.39, 0.29) is 29.9 Å². The third kappa shape index (κ3) is 2.42. The number of nitrogens with zero attached hydrogens (tertiary/aromatic N) is 1. The predicted molar refractivity (Wildman–Crippen MR) is 128 cm³/mol. The number of benzene rings is 3. The molecule has 0 aromatic heterocycles. The van der Waals surface area contributed by atoms with Gasteiger partial charge >= 0.3 is 5.97 Å². The number of para-hydroxylation sites is 1. The maximum Gasteiger partial charge on any atom is 0.340 e. The van der Waals surface area contributed by atoms with E-state index in [9.17, 15) is 14.4 Å². The van der Waals surface area contributed by atoms with E-state index in [1.165, 1.54) is 4.90 Å². The number of anilines is 1. The number of carbonyl (C=O) groups excluding carboxylic acids is 3. The molecule has 1 aliphatic heterocycles. The van der Waals surface area contributed by atoms with Crippen molar-refractivity contribution < 1.29 is 19.1 Å². The van der Waals surface area contributed by atoms with Crippen molar-refractivity contribution in [2.45, 2.75) is 31.6 Å². The highest BCUT2D eigenvalue weighted by Gasteiger charge is 2.67. The second-order valence-electron chi connectivity index (χ2n) is 9.23. The fourth-order valence-corrected chi connectivity index (χ4v) is 6.82. The molecular formula is C29H25NO4. The number of hydrogen-bond donors (Lipinski definition) is 0. The van der Waals surface area contributed by atoms with Crippen molar-refractivity contribution in [2.24, 2.45) is 11.8 Å². The van der Waals surface area contributed by atoms with E-state index in [1.807, 2.05) is 24.3 Å². The summed E-state index contributed by atoms with van der Waals surface area (Å²) in [5.74, 6) is -2.22. The topological polar surface area (TPSA) is 63.7 Å². The van der Waals surface area contributed by atoms with Crippen molar-refractivity contribution >= 4 is 23.5 Å². The van der Waals surface area contributed by atoms with Crippen molar-refractivity contribution in [3.8, 4) is 0 Å². The summed E-state index contributed by atoms with van der Waals surface area (Å²) in [6.45, 7) is 4.05. The molecule has 170 valence electrons. The van der Waals surface area contributed by atoms with Crippen LogP contribution < -0.4 is 4.90 Å². The smallest absolute Gasteiger partial charge is 0.340 e. The van der Waals surface area contributed by atoms with Gasteiger partial charge in [0.1, 0.15) is 0 Å². The molecule has 3 aromatic rings. The van der Waals surface area contributed by atoms with Gasteiger partial charge in [-0.1, -0.05) is 67.6 Å². The van der Waals surface area contributed by atoms with Crippen molar-refractivity contribution in [1.29, 1.82) is 0 Å². The minimum atomic E-state index is -0.590. The Morgan fingerprint density at radius 3 is 2.06 bits per heavy atom. The summed E-state index contributed by atoms with van der Waals surface area (Å²) >= 11 is 0. The molecule has 0 unspecified atom stereocenters. The zero-order valence-electron chi connectivity index (χ0n) is 19.2. The van der Waals surface area contributed by atoms with Gasteiger partial charge in [-0.2, -0.15) is 0 Å². The standard InChI is InChI=1S/C29H25NO4/c1-3-29-20-14-8-5-11-17(20)23(18-12-6-9-15-21(18)29)24-25(29)27(32)30(26(24)31)22-16-10-7-13-19(22)28(33)34-4-2/h5-16,23-25H,3-4H2,1-2H3/t23?,24-,25+,29?/m0/s1. The maximum absolute atomic E-state index is 14.2. The SMILES string of the molecule is CCOC(=O)c1ccccc1N1C(=O)[C@H]2C3c4ccccc4C(CC)(c4ccccc43)[C@H]2C1=O. The number of rotatable bonds is 4. The summed E-state index contributed by atoms with van der Waals surface area (Å²) in [4.78, 5) is 42.3. The first-order valence-corrected chi connectivity index (χ1v) is 11.9. The van der Waals surface area contributed by atoms with E-state index < -0.39 is 23.2 Å². The quantitative estimate of drug-likeness (QED) is 0.421. The second-order valence-corrected chi connectivity index (χ2v) is 9.23. The molecule has 7 rings (SSSR count).